The Morgan fingerprint density at radius 1 is 0.982 bits per heavy atom. The minimum atomic E-state index is -0.504. The van der Waals surface area contributed by atoms with E-state index in [2.05, 4.69) is 27.5 Å². The van der Waals surface area contributed by atoms with Crippen molar-refractivity contribution in [1.29, 1.82) is 0 Å². The molecule has 2 bridgehead atoms. The van der Waals surface area contributed by atoms with E-state index in [1.54, 1.807) is 36.7 Å². The molecular weight excluding hydrogens is 734 g/mol. The van der Waals surface area contributed by atoms with Gasteiger partial charge in [0.15, 0.2) is 11.2 Å². The van der Waals surface area contributed by atoms with Crippen molar-refractivity contribution < 1.29 is 9.84 Å². The number of fused-ring (bicyclic) bond motifs is 5. The summed E-state index contributed by atoms with van der Waals surface area (Å²) in [7, 11) is 12.1. The van der Waals surface area contributed by atoms with Crippen LogP contribution in [-0.4, -0.2) is 83.4 Å². The van der Waals surface area contributed by atoms with Gasteiger partial charge in [-0.3, -0.25) is 33.3 Å². The molecule has 6 aromatic rings. The smallest absolute Gasteiger partial charge is 0.332 e. The lowest BCUT2D eigenvalue weighted by molar-refractivity contribution is -0.0444. The number of rotatable bonds is 6. The Hall–Kier alpha value is -5.44. The Morgan fingerprint density at radius 2 is 1.70 bits per heavy atom. The SMILES string of the molecule is C=CC1CN2CCC1CC2C(O)c1ccnc2ccc(OC)cc12.Cc1c(N(C)C)c(=O)n(-c2ccccc2)n1C.Cl.Cn1c(=O)c2c(ncn2C)n(C)c1=O. The number of ether oxygens (including phenoxy) is 1. The van der Waals surface area contributed by atoms with Gasteiger partial charge in [-0.15, -0.1) is 19.0 Å². The van der Waals surface area contributed by atoms with E-state index in [4.69, 9.17) is 4.74 Å². The molecule has 4 aromatic heterocycles. The van der Waals surface area contributed by atoms with Gasteiger partial charge in [0.05, 0.1) is 36.4 Å². The monoisotopic (exact) mass is 785 g/mol. The van der Waals surface area contributed by atoms with E-state index in [1.807, 2.05) is 92.2 Å². The number of piperidine rings is 3. The fourth-order valence-electron chi connectivity index (χ4n) is 7.98. The Bertz CT molecular complexity index is 2520. The van der Waals surface area contributed by atoms with Gasteiger partial charge in [-0.25, -0.2) is 14.5 Å². The number of hydrogen-bond donors (Lipinski definition) is 1. The Kier molecular flexibility index (Phi) is 12.8. The lowest BCUT2D eigenvalue weighted by Crippen LogP contribution is -2.54. The average molecular weight is 786 g/mol. The number of aliphatic hydroxyl groups excluding tert-OH is 1. The van der Waals surface area contributed by atoms with Crippen LogP contribution in [0.1, 0.15) is 30.2 Å². The summed E-state index contributed by atoms with van der Waals surface area (Å²) in [5.41, 5.74) is 4.62. The van der Waals surface area contributed by atoms with Crippen molar-refractivity contribution in [2.45, 2.75) is 31.9 Å². The third kappa shape index (κ3) is 7.68. The number of halogens is 1. The highest BCUT2D eigenvalue weighted by molar-refractivity contribution is 5.85. The molecule has 0 saturated carbocycles. The first-order chi connectivity index (χ1) is 26.3. The molecule has 3 saturated heterocycles. The van der Waals surface area contributed by atoms with Gasteiger partial charge in [-0.05, 0) is 80.1 Å². The fourth-order valence-corrected chi connectivity index (χ4v) is 7.98. The van der Waals surface area contributed by atoms with Crippen LogP contribution in [0.25, 0.3) is 27.8 Å². The third-order valence-electron chi connectivity index (χ3n) is 11.1. The summed E-state index contributed by atoms with van der Waals surface area (Å²) in [6.07, 6.45) is 7.14. The molecule has 15 heteroatoms. The maximum absolute atomic E-state index is 12.4. The average Bonchev–Trinajstić information content (AvgIpc) is 3.70. The van der Waals surface area contributed by atoms with Crippen molar-refractivity contribution in [2.24, 2.45) is 40.0 Å². The minimum absolute atomic E-state index is 0. The molecular formula is C41H52ClN9O5. The molecule has 1 N–H and O–H groups in total. The summed E-state index contributed by atoms with van der Waals surface area (Å²) < 4.78 is 13.0. The van der Waals surface area contributed by atoms with Gasteiger partial charge < -0.3 is 19.3 Å². The zero-order valence-electron chi connectivity index (χ0n) is 33.3. The molecule has 5 atom stereocenters. The van der Waals surface area contributed by atoms with Crippen LogP contribution < -0.4 is 26.4 Å². The van der Waals surface area contributed by atoms with E-state index in [-0.39, 0.29) is 35.3 Å². The highest BCUT2D eigenvalue weighted by Crippen LogP contribution is 2.42. The van der Waals surface area contributed by atoms with Gasteiger partial charge >= 0.3 is 5.69 Å². The van der Waals surface area contributed by atoms with E-state index in [1.165, 1.54) is 24.4 Å². The first-order valence-electron chi connectivity index (χ1n) is 18.3. The Labute approximate surface area is 331 Å². The largest absolute Gasteiger partial charge is 0.497 e. The quantitative estimate of drug-likeness (QED) is 0.248. The topological polar surface area (TPSA) is 138 Å². The van der Waals surface area contributed by atoms with Gasteiger partial charge in [0.2, 0.25) is 0 Å². The zero-order chi connectivity index (χ0) is 39.7. The van der Waals surface area contributed by atoms with Gasteiger partial charge in [-0.1, -0.05) is 24.3 Å². The molecule has 3 fully saturated rings. The van der Waals surface area contributed by atoms with Gasteiger partial charge in [0, 0.05) is 66.5 Å². The molecule has 9 rings (SSSR count). The first-order valence-corrected chi connectivity index (χ1v) is 18.3. The predicted octanol–water partition coefficient (Wildman–Crippen LogP) is 4.12. The lowest BCUT2D eigenvalue weighted by Gasteiger charge is -2.50. The van der Waals surface area contributed by atoms with Gasteiger partial charge in [-0.2, -0.15) is 0 Å². The number of aryl methyl sites for hydroxylation is 2. The Balaban J connectivity index is 0.000000166. The van der Waals surface area contributed by atoms with Crippen LogP contribution in [0.3, 0.4) is 0 Å². The van der Waals surface area contributed by atoms with Crippen LogP contribution >= 0.6 is 12.4 Å². The van der Waals surface area contributed by atoms with Crippen LogP contribution in [0.5, 0.6) is 5.75 Å². The van der Waals surface area contributed by atoms with Crippen molar-refractivity contribution >= 4 is 40.2 Å². The van der Waals surface area contributed by atoms with Crippen LogP contribution in [-0.2, 0) is 28.2 Å². The number of aliphatic hydroxyl groups is 1. The van der Waals surface area contributed by atoms with E-state index in [0.717, 1.165) is 63.4 Å². The van der Waals surface area contributed by atoms with Crippen LogP contribution in [0, 0.1) is 18.8 Å². The van der Waals surface area contributed by atoms with E-state index in [9.17, 15) is 19.5 Å². The van der Waals surface area contributed by atoms with E-state index < -0.39 is 6.10 Å². The fraction of sp³-hybridized carbons (Fsp3) is 0.390. The number of hydrogen-bond acceptors (Lipinski definition) is 9. The normalized spacial score (nSPS) is 18.9. The van der Waals surface area contributed by atoms with E-state index >= 15 is 0 Å². The van der Waals surface area contributed by atoms with Crippen LogP contribution in [0.4, 0.5) is 5.69 Å². The zero-order valence-corrected chi connectivity index (χ0v) is 34.1. The van der Waals surface area contributed by atoms with Crippen molar-refractivity contribution in [3.8, 4) is 11.4 Å². The molecule has 3 aliphatic rings. The second-order valence-corrected chi connectivity index (χ2v) is 14.5. The molecule has 14 nitrogen and oxygen atoms in total. The molecule has 0 aliphatic carbocycles. The van der Waals surface area contributed by atoms with Crippen molar-refractivity contribution in [2.75, 3.05) is 39.2 Å². The molecule has 298 valence electrons. The predicted molar refractivity (Wildman–Crippen MR) is 224 cm³/mol. The minimum Gasteiger partial charge on any atom is -0.497 e. The summed E-state index contributed by atoms with van der Waals surface area (Å²) in [4.78, 5) is 48.2. The number of nitrogens with zero attached hydrogens (tertiary/aromatic N) is 9. The Morgan fingerprint density at radius 3 is 2.30 bits per heavy atom. The van der Waals surface area contributed by atoms with Crippen molar-refractivity contribution in [1.82, 2.24) is 37.9 Å². The summed E-state index contributed by atoms with van der Waals surface area (Å²) >= 11 is 0. The summed E-state index contributed by atoms with van der Waals surface area (Å²) in [6.45, 7) is 8.02. The third-order valence-corrected chi connectivity index (χ3v) is 11.1. The maximum Gasteiger partial charge on any atom is 0.332 e. The highest BCUT2D eigenvalue weighted by atomic mass is 35.5. The van der Waals surface area contributed by atoms with E-state index in [0.29, 0.717) is 23.0 Å². The van der Waals surface area contributed by atoms with Crippen LogP contribution in [0.15, 0.2) is 94.2 Å². The number of methoxy groups -OCH3 is 1. The number of imidazole rings is 1. The molecule has 56 heavy (non-hydrogen) atoms. The number of anilines is 1. The van der Waals surface area contributed by atoms with Gasteiger partial charge in [0.1, 0.15) is 11.4 Å². The van der Waals surface area contributed by atoms with Gasteiger partial charge in [0.25, 0.3) is 11.1 Å². The highest BCUT2D eigenvalue weighted by Gasteiger charge is 2.42. The van der Waals surface area contributed by atoms with Crippen LogP contribution in [0.2, 0.25) is 0 Å². The number of para-hydroxylation sites is 1. The first kappa shape index (κ1) is 41.7. The molecule has 7 heterocycles. The molecule has 2 aromatic carbocycles. The molecule has 0 amide bonds. The lowest BCUT2D eigenvalue weighted by atomic mass is 9.73. The number of aromatic nitrogens is 7. The second-order valence-electron chi connectivity index (χ2n) is 14.5. The number of benzene rings is 2. The molecule has 0 spiro atoms. The number of pyridine rings is 1. The second kappa shape index (κ2) is 17.1. The summed E-state index contributed by atoms with van der Waals surface area (Å²) in [6, 6.07) is 17.6. The maximum atomic E-state index is 12.4. The summed E-state index contributed by atoms with van der Waals surface area (Å²) in [5, 5.41) is 12.1. The molecule has 5 unspecified atom stereocenters. The molecule has 3 aliphatic heterocycles. The standard InChI is InChI=1S/C20H24N2O2.C13H17N3O.C8H10N4O2.ClH/c1-3-13-12-22-9-7-14(13)10-19(22)20(23)16-6-8-21-18-5-4-15(24-2)11-17(16)18;1-10-12(14(2)3)13(17)16(15(10)4)11-8-6-5-7-9-11;1-10-4-9-6-5(10)7(13)12(3)8(14)11(6)2;/h3-6,8,11,13-14,19-20,23H,1,7,9-10,12H2,2H3;5-9H,1-4H3;4H,1-3H3;1H. The van der Waals surface area contributed by atoms with Crippen molar-refractivity contribution in [3.63, 3.8) is 0 Å². The van der Waals surface area contributed by atoms with Crippen molar-refractivity contribution in [3.05, 3.63) is 122 Å². The molecule has 0 radical (unpaired) electrons. The summed E-state index contributed by atoms with van der Waals surface area (Å²) in [5.74, 6) is 2.01.